The third kappa shape index (κ3) is 4.82. The van der Waals surface area contributed by atoms with Crippen LogP contribution in [0.4, 0.5) is 11.6 Å². The van der Waals surface area contributed by atoms with Crippen molar-refractivity contribution in [2.45, 2.75) is 26.1 Å². The third-order valence-electron chi connectivity index (χ3n) is 5.98. The molecular weight excluding hydrogens is 510 g/mol. The Hall–Kier alpha value is -3.21. The van der Waals surface area contributed by atoms with E-state index < -0.39 is 0 Å². The van der Waals surface area contributed by atoms with Crippen LogP contribution in [0.3, 0.4) is 0 Å². The van der Waals surface area contributed by atoms with Crippen LogP contribution in [0.1, 0.15) is 13.8 Å². The van der Waals surface area contributed by atoms with E-state index in [1.165, 1.54) is 6.33 Å². The van der Waals surface area contributed by atoms with Crippen molar-refractivity contribution in [2.24, 2.45) is 0 Å². The number of pyridine rings is 1. The summed E-state index contributed by atoms with van der Waals surface area (Å²) >= 11 is 3.55. The van der Waals surface area contributed by atoms with Gasteiger partial charge in [-0.15, -0.1) is 10.2 Å². The maximum absolute atomic E-state index is 6.22. The maximum atomic E-state index is 6.22. The molecule has 0 unspecified atom stereocenters. The van der Waals surface area contributed by atoms with E-state index in [0.29, 0.717) is 54.5 Å². The summed E-state index contributed by atoms with van der Waals surface area (Å²) in [5.41, 5.74) is 9.89. The van der Waals surface area contributed by atoms with Crippen LogP contribution in [-0.2, 0) is 9.47 Å². The van der Waals surface area contributed by atoms with Crippen molar-refractivity contribution in [3.8, 4) is 22.5 Å². The summed E-state index contributed by atoms with van der Waals surface area (Å²) < 4.78 is 12.7. The first-order chi connectivity index (χ1) is 17.1. The topological polar surface area (TPSA) is 112 Å². The lowest BCUT2D eigenvalue weighted by Gasteiger charge is -2.17. The average molecular weight is 536 g/mol. The number of fused-ring (bicyclic) bond motifs is 1. The zero-order valence-electron chi connectivity index (χ0n) is 19.6. The Morgan fingerprint density at radius 1 is 0.971 bits per heavy atom. The molecule has 9 nitrogen and oxygen atoms in total. The van der Waals surface area contributed by atoms with Crippen LogP contribution in [0, 0.1) is 0 Å². The van der Waals surface area contributed by atoms with Crippen LogP contribution in [0.2, 0.25) is 0 Å². The molecule has 180 valence electrons. The minimum atomic E-state index is 0.0153. The number of nitrogen functional groups attached to an aromatic ring is 1. The molecule has 0 radical (unpaired) electrons. The second-order valence-corrected chi connectivity index (χ2v) is 9.11. The summed E-state index contributed by atoms with van der Waals surface area (Å²) in [6.07, 6.45) is 1.45. The lowest BCUT2D eigenvalue weighted by molar-refractivity contribution is -0.0388. The zero-order valence-corrected chi connectivity index (χ0v) is 21.1. The summed E-state index contributed by atoms with van der Waals surface area (Å²) in [6, 6.07) is 13.8. The van der Waals surface area contributed by atoms with Gasteiger partial charge in [-0.1, -0.05) is 28.1 Å². The van der Waals surface area contributed by atoms with E-state index in [-0.39, 0.29) is 12.2 Å². The summed E-state index contributed by atoms with van der Waals surface area (Å²) in [6.45, 7) is 6.72. The fourth-order valence-electron chi connectivity index (χ4n) is 4.41. The highest BCUT2D eigenvalue weighted by Gasteiger charge is 2.34. The summed E-state index contributed by atoms with van der Waals surface area (Å²) in [7, 11) is 0. The molecule has 2 N–H and O–H groups in total. The van der Waals surface area contributed by atoms with Gasteiger partial charge in [0.05, 0.1) is 11.1 Å². The fourth-order valence-corrected chi connectivity index (χ4v) is 4.81. The van der Waals surface area contributed by atoms with E-state index in [0.717, 1.165) is 21.4 Å². The molecule has 0 aliphatic carbocycles. The molecule has 1 fully saturated rings. The Kier molecular flexibility index (Phi) is 6.85. The molecule has 1 saturated heterocycles. The highest BCUT2D eigenvalue weighted by molar-refractivity contribution is 9.10. The van der Waals surface area contributed by atoms with Gasteiger partial charge in [0, 0.05) is 30.8 Å². The summed E-state index contributed by atoms with van der Waals surface area (Å²) in [5, 5.41) is 9.71. The van der Waals surface area contributed by atoms with Gasteiger partial charge in [-0.3, -0.25) is 0 Å². The zero-order chi connectivity index (χ0) is 24.4. The van der Waals surface area contributed by atoms with Crippen molar-refractivity contribution in [1.82, 2.24) is 25.1 Å². The SMILES string of the molecule is CCO[C@H]1CN(c2ccc(-c3cc(-c4cccc(Br)c4)c4c(N)ncnc4n3)nn2)C[C@H]1OCC. The number of halogens is 1. The quantitative estimate of drug-likeness (QED) is 0.373. The standard InChI is InChI=1S/C25H26BrN7O2/c1-3-34-20-12-33(13-21(20)35-4-2)22-9-8-18(31-32-22)19-11-17(15-6-5-7-16(26)10-15)23-24(27)28-14-29-25(23)30-19/h5-11,14,20-21H,3-4,12-13H2,1-2H3,(H2,27,28,29,30)/t20-,21+. The van der Waals surface area contributed by atoms with Crippen molar-refractivity contribution in [1.29, 1.82) is 0 Å². The molecule has 1 aliphatic heterocycles. The van der Waals surface area contributed by atoms with Crippen molar-refractivity contribution in [3.05, 3.63) is 53.3 Å². The van der Waals surface area contributed by atoms with Crippen LogP contribution in [-0.4, -0.2) is 63.7 Å². The fraction of sp³-hybridized carbons (Fsp3) is 0.320. The Morgan fingerprint density at radius 3 is 2.40 bits per heavy atom. The molecule has 0 spiro atoms. The van der Waals surface area contributed by atoms with Gasteiger partial charge in [0.2, 0.25) is 0 Å². The summed E-state index contributed by atoms with van der Waals surface area (Å²) in [5.74, 6) is 1.16. The molecule has 0 bridgehead atoms. The van der Waals surface area contributed by atoms with Gasteiger partial charge in [0.25, 0.3) is 0 Å². The number of anilines is 2. The predicted molar refractivity (Wildman–Crippen MR) is 139 cm³/mol. The van der Waals surface area contributed by atoms with Crippen LogP contribution in [0.15, 0.2) is 53.3 Å². The predicted octanol–water partition coefficient (Wildman–Crippen LogP) is 4.12. The minimum Gasteiger partial charge on any atom is -0.383 e. The normalized spacial score (nSPS) is 17.9. The smallest absolute Gasteiger partial charge is 0.165 e. The van der Waals surface area contributed by atoms with Crippen LogP contribution >= 0.6 is 15.9 Å². The largest absolute Gasteiger partial charge is 0.383 e. The number of rotatable bonds is 7. The molecule has 0 amide bonds. The minimum absolute atomic E-state index is 0.0153. The molecular formula is C25H26BrN7O2. The number of nitrogens with zero attached hydrogens (tertiary/aromatic N) is 6. The van der Waals surface area contributed by atoms with Crippen LogP contribution in [0.5, 0.6) is 0 Å². The van der Waals surface area contributed by atoms with Gasteiger partial charge in [-0.05, 0) is 55.3 Å². The van der Waals surface area contributed by atoms with Gasteiger partial charge >= 0.3 is 0 Å². The van der Waals surface area contributed by atoms with Gasteiger partial charge in [-0.25, -0.2) is 15.0 Å². The van der Waals surface area contributed by atoms with Crippen LogP contribution < -0.4 is 10.6 Å². The first-order valence-electron chi connectivity index (χ1n) is 11.6. The molecule has 3 aromatic heterocycles. The molecule has 35 heavy (non-hydrogen) atoms. The number of nitrogens with two attached hydrogens (primary N) is 1. The lowest BCUT2D eigenvalue weighted by Crippen LogP contribution is -2.29. The van der Waals surface area contributed by atoms with E-state index in [2.05, 4.69) is 41.0 Å². The van der Waals surface area contributed by atoms with Gasteiger partial charge in [0.1, 0.15) is 30.0 Å². The monoisotopic (exact) mass is 535 g/mol. The number of benzene rings is 1. The van der Waals surface area contributed by atoms with E-state index in [9.17, 15) is 0 Å². The first-order valence-corrected chi connectivity index (χ1v) is 12.4. The van der Waals surface area contributed by atoms with E-state index in [1.54, 1.807) is 0 Å². The number of aromatic nitrogens is 5. The molecule has 2 atom stereocenters. The van der Waals surface area contributed by atoms with Gasteiger partial charge in [-0.2, -0.15) is 0 Å². The molecule has 10 heteroatoms. The molecule has 4 aromatic rings. The number of ether oxygens (including phenoxy) is 2. The Labute approximate surface area is 211 Å². The Morgan fingerprint density at radius 2 is 1.74 bits per heavy atom. The highest BCUT2D eigenvalue weighted by Crippen LogP contribution is 2.34. The van der Waals surface area contributed by atoms with Crippen molar-refractivity contribution in [3.63, 3.8) is 0 Å². The van der Waals surface area contributed by atoms with Crippen molar-refractivity contribution < 1.29 is 9.47 Å². The van der Waals surface area contributed by atoms with Crippen molar-refractivity contribution in [2.75, 3.05) is 36.9 Å². The van der Waals surface area contributed by atoms with E-state index in [4.69, 9.17) is 20.2 Å². The molecule has 1 aliphatic rings. The van der Waals surface area contributed by atoms with Gasteiger partial charge < -0.3 is 20.1 Å². The Bertz CT molecular complexity index is 1320. The lowest BCUT2D eigenvalue weighted by atomic mass is 10.0. The average Bonchev–Trinajstić information content (AvgIpc) is 3.26. The van der Waals surface area contributed by atoms with Crippen molar-refractivity contribution >= 4 is 38.6 Å². The molecule has 5 rings (SSSR count). The first kappa shape index (κ1) is 23.5. The second-order valence-electron chi connectivity index (χ2n) is 8.19. The Balaban J connectivity index is 1.50. The number of hydrogen-bond donors (Lipinski definition) is 1. The molecule has 1 aromatic carbocycles. The second kappa shape index (κ2) is 10.2. The third-order valence-corrected chi connectivity index (χ3v) is 6.48. The highest BCUT2D eigenvalue weighted by atomic mass is 79.9. The molecule has 0 saturated carbocycles. The van der Waals surface area contributed by atoms with E-state index in [1.807, 2.05) is 56.3 Å². The molecule has 4 heterocycles. The summed E-state index contributed by atoms with van der Waals surface area (Å²) in [4.78, 5) is 15.4. The van der Waals surface area contributed by atoms with Gasteiger partial charge in [0.15, 0.2) is 11.5 Å². The maximum Gasteiger partial charge on any atom is 0.165 e. The van der Waals surface area contributed by atoms with Crippen LogP contribution in [0.25, 0.3) is 33.5 Å². The van der Waals surface area contributed by atoms with E-state index >= 15 is 0 Å². The number of hydrogen-bond acceptors (Lipinski definition) is 9.